The first kappa shape index (κ1) is 11.9. The molecule has 8 heteroatoms. The summed E-state index contributed by atoms with van der Waals surface area (Å²) in [5.74, 6) is 0. The normalized spacial score (nSPS) is 16.4. The van der Waals surface area contributed by atoms with Gasteiger partial charge in [-0.1, -0.05) is 0 Å². The van der Waals surface area contributed by atoms with E-state index in [1.54, 1.807) is 13.8 Å². The lowest BCUT2D eigenvalue weighted by atomic mass is 10.2. The van der Waals surface area contributed by atoms with Gasteiger partial charge in [-0.05, 0) is 26.7 Å². The van der Waals surface area contributed by atoms with Crippen LogP contribution in [0.3, 0.4) is 0 Å². The molecule has 1 atom stereocenters. The fourth-order valence-electron chi connectivity index (χ4n) is 0.718. The number of hydrogen-bond donors (Lipinski definition) is 3. The SMILES string of the molecule is CC(C)(O)c1ncc(S(N)(=O)=NS)s1. The molecule has 14 heavy (non-hydrogen) atoms. The Bertz CT molecular complexity index is 439. The maximum absolute atomic E-state index is 11.5. The average molecular weight is 253 g/mol. The summed E-state index contributed by atoms with van der Waals surface area (Å²) in [7, 11) is -2.95. The predicted octanol–water partition coefficient (Wildman–Crippen LogP) is 0.916. The highest BCUT2D eigenvalue weighted by Gasteiger charge is 2.22. The molecule has 1 aromatic rings. The van der Waals surface area contributed by atoms with Crippen LogP contribution in [-0.4, -0.2) is 14.3 Å². The topological polar surface area (TPSA) is 88.6 Å². The predicted molar refractivity (Wildman–Crippen MR) is 59.4 cm³/mol. The van der Waals surface area contributed by atoms with Gasteiger partial charge in [0.25, 0.3) is 0 Å². The van der Waals surface area contributed by atoms with Crippen molar-refractivity contribution in [1.82, 2.24) is 4.98 Å². The summed E-state index contributed by atoms with van der Waals surface area (Å²) in [4.78, 5) is 3.92. The summed E-state index contributed by atoms with van der Waals surface area (Å²) in [6.07, 6.45) is 1.35. The van der Waals surface area contributed by atoms with Gasteiger partial charge in [0.2, 0.25) is 0 Å². The van der Waals surface area contributed by atoms with Gasteiger partial charge in [-0.25, -0.2) is 14.3 Å². The fraction of sp³-hybridized carbons (Fsp3) is 0.500. The molecular formula is C6H11N3O2S3. The number of nitrogens with zero attached hydrogens (tertiary/aromatic N) is 2. The lowest BCUT2D eigenvalue weighted by Crippen LogP contribution is -2.14. The third kappa shape index (κ3) is 2.45. The Balaban J connectivity index is 3.20. The van der Waals surface area contributed by atoms with Crippen LogP contribution in [-0.2, 0) is 15.5 Å². The monoisotopic (exact) mass is 253 g/mol. The highest BCUT2D eigenvalue weighted by molar-refractivity contribution is 7.99. The van der Waals surface area contributed by atoms with Crippen LogP contribution < -0.4 is 5.14 Å². The summed E-state index contributed by atoms with van der Waals surface area (Å²) in [5, 5.41) is 15.4. The molecule has 1 rings (SSSR count). The summed E-state index contributed by atoms with van der Waals surface area (Å²) >= 11 is 4.60. The number of aromatic nitrogens is 1. The Morgan fingerprint density at radius 2 is 2.36 bits per heavy atom. The van der Waals surface area contributed by atoms with Gasteiger partial charge < -0.3 is 5.11 Å². The zero-order valence-corrected chi connectivity index (χ0v) is 10.2. The van der Waals surface area contributed by atoms with E-state index in [4.69, 9.17) is 5.14 Å². The molecule has 1 aromatic heterocycles. The zero-order chi connectivity index (χ0) is 11.0. The van der Waals surface area contributed by atoms with Crippen molar-refractivity contribution in [1.29, 1.82) is 0 Å². The molecule has 0 radical (unpaired) electrons. The van der Waals surface area contributed by atoms with Crippen LogP contribution in [0.25, 0.3) is 0 Å². The molecule has 1 unspecified atom stereocenters. The van der Waals surface area contributed by atoms with Crippen LogP contribution in [0.4, 0.5) is 0 Å². The molecule has 0 saturated heterocycles. The number of thiol groups is 1. The third-order valence-corrected chi connectivity index (χ3v) is 5.14. The Kier molecular flexibility index (Phi) is 3.22. The molecular weight excluding hydrogens is 242 g/mol. The summed E-state index contributed by atoms with van der Waals surface area (Å²) in [5.41, 5.74) is -1.06. The largest absolute Gasteiger partial charge is 0.383 e. The van der Waals surface area contributed by atoms with E-state index >= 15 is 0 Å². The maximum Gasteiger partial charge on any atom is 0.156 e. The average Bonchev–Trinajstić information content (AvgIpc) is 2.51. The van der Waals surface area contributed by atoms with Gasteiger partial charge in [-0.3, -0.25) is 0 Å². The lowest BCUT2D eigenvalue weighted by molar-refractivity contribution is 0.0783. The summed E-state index contributed by atoms with van der Waals surface area (Å²) < 4.78 is 15.1. The number of aliphatic hydroxyl groups is 1. The van der Waals surface area contributed by atoms with Crippen LogP contribution in [0.2, 0.25) is 0 Å². The molecule has 0 bridgehead atoms. The number of thiazole rings is 1. The van der Waals surface area contributed by atoms with E-state index in [1.165, 1.54) is 6.20 Å². The molecule has 0 saturated carbocycles. The molecule has 3 N–H and O–H groups in total. The minimum atomic E-state index is -2.95. The molecule has 0 spiro atoms. The maximum atomic E-state index is 11.5. The van der Waals surface area contributed by atoms with Crippen molar-refractivity contribution in [2.24, 2.45) is 8.91 Å². The molecule has 5 nitrogen and oxygen atoms in total. The second kappa shape index (κ2) is 3.78. The second-order valence-electron chi connectivity index (χ2n) is 3.19. The smallest absolute Gasteiger partial charge is 0.156 e. The van der Waals surface area contributed by atoms with Crippen LogP contribution >= 0.6 is 24.2 Å². The highest BCUT2D eigenvalue weighted by atomic mass is 32.3. The number of nitrogens with two attached hydrogens (primary N) is 1. The van der Waals surface area contributed by atoms with Gasteiger partial charge in [0.1, 0.15) is 14.8 Å². The van der Waals surface area contributed by atoms with Gasteiger partial charge in [-0.2, -0.15) is 3.77 Å². The standard InChI is InChI=1S/C6H11N3O2S3/c1-6(2,10)5-8-3-4(13-5)14(7,11)9-12/h3,10,12H,1-2H3,(H2,7,9,11). The Morgan fingerprint density at radius 3 is 2.71 bits per heavy atom. The van der Waals surface area contributed by atoms with Crippen molar-refractivity contribution < 1.29 is 9.32 Å². The van der Waals surface area contributed by atoms with E-state index in [-0.39, 0.29) is 0 Å². The van der Waals surface area contributed by atoms with Crippen LogP contribution in [0, 0.1) is 0 Å². The molecule has 0 aliphatic rings. The second-order valence-corrected chi connectivity index (χ2v) is 6.71. The van der Waals surface area contributed by atoms with Gasteiger partial charge in [0.05, 0.1) is 6.20 Å². The molecule has 1 heterocycles. The van der Waals surface area contributed by atoms with Crippen molar-refractivity contribution in [3.63, 3.8) is 0 Å². The molecule has 0 amide bonds. The first-order valence-electron chi connectivity index (χ1n) is 3.64. The summed E-state index contributed by atoms with van der Waals surface area (Å²) in [6, 6.07) is 0. The quantitative estimate of drug-likeness (QED) is 0.685. The van der Waals surface area contributed by atoms with E-state index in [1.807, 2.05) is 0 Å². The number of rotatable bonds is 2. The summed E-state index contributed by atoms with van der Waals surface area (Å²) in [6.45, 7) is 3.18. The van der Waals surface area contributed by atoms with E-state index in [0.29, 0.717) is 9.22 Å². The van der Waals surface area contributed by atoms with Crippen molar-refractivity contribution in [3.05, 3.63) is 11.2 Å². The van der Waals surface area contributed by atoms with Gasteiger partial charge in [-0.15, -0.1) is 11.3 Å². The van der Waals surface area contributed by atoms with Crippen molar-refractivity contribution in [2.45, 2.75) is 23.7 Å². The lowest BCUT2D eigenvalue weighted by Gasteiger charge is -2.12. The minimum absolute atomic E-state index is 0.310. The molecule has 0 aliphatic carbocycles. The first-order chi connectivity index (χ1) is 6.27. The van der Waals surface area contributed by atoms with E-state index in [2.05, 4.69) is 21.6 Å². The van der Waals surface area contributed by atoms with Crippen LogP contribution in [0.1, 0.15) is 18.9 Å². The van der Waals surface area contributed by atoms with Crippen LogP contribution in [0.15, 0.2) is 14.2 Å². The van der Waals surface area contributed by atoms with Gasteiger partial charge in [0.15, 0.2) is 9.92 Å². The van der Waals surface area contributed by atoms with Crippen LogP contribution in [0.5, 0.6) is 0 Å². The van der Waals surface area contributed by atoms with E-state index in [0.717, 1.165) is 11.3 Å². The first-order valence-corrected chi connectivity index (χ1v) is 6.44. The molecule has 0 aromatic carbocycles. The highest BCUT2D eigenvalue weighted by Crippen LogP contribution is 2.27. The van der Waals surface area contributed by atoms with E-state index < -0.39 is 15.5 Å². The molecule has 0 aliphatic heterocycles. The van der Waals surface area contributed by atoms with Gasteiger partial charge >= 0.3 is 0 Å². The van der Waals surface area contributed by atoms with Crippen molar-refractivity contribution >= 4 is 34.1 Å². The van der Waals surface area contributed by atoms with E-state index in [9.17, 15) is 9.32 Å². The minimum Gasteiger partial charge on any atom is -0.383 e. The Hall–Kier alpha value is -0.150. The number of hydrogen-bond acceptors (Lipinski definition) is 5. The Morgan fingerprint density at radius 1 is 1.79 bits per heavy atom. The molecule has 0 fully saturated rings. The van der Waals surface area contributed by atoms with Gasteiger partial charge in [0, 0.05) is 0 Å². The molecule has 80 valence electrons. The Labute approximate surface area is 92.2 Å². The zero-order valence-electron chi connectivity index (χ0n) is 7.67. The fourth-order valence-corrected chi connectivity index (χ4v) is 2.91. The third-order valence-electron chi connectivity index (χ3n) is 1.42. The van der Waals surface area contributed by atoms with Crippen molar-refractivity contribution in [2.75, 3.05) is 0 Å². The van der Waals surface area contributed by atoms with Crippen molar-refractivity contribution in [3.8, 4) is 0 Å².